The molecule has 3 aromatic heterocycles. The summed E-state index contributed by atoms with van der Waals surface area (Å²) in [5, 5.41) is 1.53. The number of hydrogen-bond acceptors (Lipinski definition) is 6. The maximum atomic E-state index is 13.0. The molecular formula is C17H11N5O2S2. The van der Waals surface area contributed by atoms with Gasteiger partial charge in [-0.25, -0.2) is 8.42 Å². The first kappa shape index (κ1) is 15.2. The number of anilines is 1. The molecule has 5 aromatic rings. The molecule has 0 bridgehead atoms. The SMILES string of the molecule is O=S(=O)(Nc1cccc2nsnc12)c1c[nH]c2c1ccc1cccnc12. The topological polar surface area (TPSA) is 101 Å². The van der Waals surface area contributed by atoms with Crippen LogP contribution in [0, 0.1) is 0 Å². The molecule has 26 heavy (non-hydrogen) atoms. The predicted molar refractivity (Wildman–Crippen MR) is 102 cm³/mol. The lowest BCUT2D eigenvalue weighted by Crippen LogP contribution is -2.12. The Bertz CT molecular complexity index is 1390. The number of benzene rings is 2. The average Bonchev–Trinajstić information content (AvgIpc) is 3.29. The van der Waals surface area contributed by atoms with E-state index >= 15 is 0 Å². The second-order valence-corrected chi connectivity index (χ2v) is 7.94. The number of fused-ring (bicyclic) bond motifs is 4. The Labute approximate surface area is 152 Å². The summed E-state index contributed by atoms with van der Waals surface area (Å²) in [7, 11) is -3.81. The van der Waals surface area contributed by atoms with Crippen LogP contribution >= 0.6 is 11.7 Å². The highest BCUT2D eigenvalue weighted by molar-refractivity contribution is 7.93. The van der Waals surface area contributed by atoms with Gasteiger partial charge < -0.3 is 4.98 Å². The third-order valence-electron chi connectivity index (χ3n) is 4.21. The van der Waals surface area contributed by atoms with Crippen LogP contribution in [-0.2, 0) is 10.0 Å². The zero-order chi connectivity index (χ0) is 17.7. The minimum Gasteiger partial charge on any atom is -0.358 e. The van der Waals surface area contributed by atoms with Crippen molar-refractivity contribution in [2.24, 2.45) is 0 Å². The van der Waals surface area contributed by atoms with E-state index in [0.717, 1.165) is 22.6 Å². The van der Waals surface area contributed by atoms with Gasteiger partial charge in [0.1, 0.15) is 15.9 Å². The normalized spacial score (nSPS) is 12.2. The maximum absolute atomic E-state index is 13.0. The summed E-state index contributed by atoms with van der Waals surface area (Å²) in [6.45, 7) is 0. The van der Waals surface area contributed by atoms with Crippen LogP contribution in [0.15, 0.2) is 59.8 Å². The van der Waals surface area contributed by atoms with Crippen LogP contribution in [0.4, 0.5) is 5.69 Å². The zero-order valence-electron chi connectivity index (χ0n) is 13.2. The van der Waals surface area contributed by atoms with Crippen LogP contribution in [-0.4, -0.2) is 27.1 Å². The zero-order valence-corrected chi connectivity index (χ0v) is 14.8. The molecule has 7 nitrogen and oxygen atoms in total. The van der Waals surface area contributed by atoms with Crippen molar-refractivity contribution in [2.75, 3.05) is 4.72 Å². The Balaban J connectivity index is 1.67. The van der Waals surface area contributed by atoms with E-state index in [1.807, 2.05) is 18.2 Å². The Morgan fingerprint density at radius 2 is 1.92 bits per heavy atom. The fourth-order valence-electron chi connectivity index (χ4n) is 3.02. The van der Waals surface area contributed by atoms with Gasteiger partial charge in [0, 0.05) is 23.2 Å². The third kappa shape index (κ3) is 2.25. The standard InChI is InChI=1S/C17H11N5O2S2/c23-26(24,22-13-5-1-4-12-17(13)21-25-20-12)14-9-19-16-11(14)7-6-10-3-2-8-18-15(10)16/h1-9,19,22H. The number of H-pyrrole nitrogens is 1. The molecule has 5 rings (SSSR count). The lowest BCUT2D eigenvalue weighted by Gasteiger charge is -2.07. The van der Waals surface area contributed by atoms with Crippen molar-refractivity contribution < 1.29 is 8.42 Å². The summed E-state index contributed by atoms with van der Waals surface area (Å²) in [6.07, 6.45) is 3.17. The molecule has 2 aromatic carbocycles. The molecule has 2 N–H and O–H groups in total. The molecule has 0 unspecified atom stereocenters. The minimum atomic E-state index is -3.81. The van der Waals surface area contributed by atoms with E-state index in [2.05, 4.69) is 23.4 Å². The van der Waals surface area contributed by atoms with E-state index < -0.39 is 10.0 Å². The van der Waals surface area contributed by atoms with Crippen molar-refractivity contribution in [3.05, 3.63) is 54.9 Å². The van der Waals surface area contributed by atoms with Crippen molar-refractivity contribution >= 4 is 60.3 Å². The van der Waals surface area contributed by atoms with Crippen molar-refractivity contribution in [1.29, 1.82) is 0 Å². The molecule has 0 radical (unpaired) electrons. The van der Waals surface area contributed by atoms with E-state index in [1.54, 1.807) is 30.5 Å². The number of aromatic amines is 1. The Kier molecular flexibility index (Phi) is 3.21. The van der Waals surface area contributed by atoms with Crippen LogP contribution in [0.3, 0.4) is 0 Å². The largest absolute Gasteiger partial charge is 0.358 e. The molecule has 0 spiro atoms. The van der Waals surface area contributed by atoms with Crippen molar-refractivity contribution in [3.63, 3.8) is 0 Å². The van der Waals surface area contributed by atoms with E-state index in [-0.39, 0.29) is 4.90 Å². The highest BCUT2D eigenvalue weighted by Crippen LogP contribution is 2.30. The first-order valence-corrected chi connectivity index (χ1v) is 9.94. The summed E-state index contributed by atoms with van der Waals surface area (Å²) in [6, 6.07) is 12.6. The van der Waals surface area contributed by atoms with Gasteiger partial charge in [0.05, 0.1) is 28.4 Å². The van der Waals surface area contributed by atoms with Crippen LogP contribution < -0.4 is 4.72 Å². The Morgan fingerprint density at radius 1 is 1.00 bits per heavy atom. The molecule has 128 valence electrons. The summed E-state index contributed by atoms with van der Waals surface area (Å²) in [4.78, 5) is 7.57. The van der Waals surface area contributed by atoms with Gasteiger partial charge >= 0.3 is 0 Å². The number of nitrogens with one attached hydrogen (secondary N) is 2. The van der Waals surface area contributed by atoms with E-state index in [1.165, 1.54) is 6.20 Å². The van der Waals surface area contributed by atoms with Crippen molar-refractivity contribution in [1.82, 2.24) is 18.7 Å². The molecule has 0 atom stereocenters. The smallest absolute Gasteiger partial charge is 0.264 e. The highest BCUT2D eigenvalue weighted by Gasteiger charge is 2.21. The Hall–Kier alpha value is -3.04. The van der Waals surface area contributed by atoms with Gasteiger partial charge in [0.25, 0.3) is 10.0 Å². The highest BCUT2D eigenvalue weighted by atomic mass is 32.2. The monoisotopic (exact) mass is 381 g/mol. The fraction of sp³-hybridized carbons (Fsp3) is 0. The summed E-state index contributed by atoms with van der Waals surface area (Å²) in [5.41, 5.74) is 3.02. The first-order valence-electron chi connectivity index (χ1n) is 7.72. The molecule has 0 saturated carbocycles. The molecule has 0 saturated heterocycles. The number of nitrogens with zero attached hydrogens (tertiary/aromatic N) is 3. The second-order valence-electron chi connectivity index (χ2n) is 5.76. The van der Waals surface area contributed by atoms with Gasteiger partial charge in [0.15, 0.2) is 0 Å². The lowest BCUT2D eigenvalue weighted by molar-refractivity contribution is 0.602. The Morgan fingerprint density at radius 3 is 2.85 bits per heavy atom. The summed E-state index contributed by atoms with van der Waals surface area (Å²) < 4.78 is 36.9. The van der Waals surface area contributed by atoms with Gasteiger partial charge in [0.2, 0.25) is 0 Å². The lowest BCUT2D eigenvalue weighted by atomic mass is 10.1. The molecule has 9 heteroatoms. The van der Waals surface area contributed by atoms with Crippen molar-refractivity contribution in [3.8, 4) is 0 Å². The first-order chi connectivity index (χ1) is 12.6. The fourth-order valence-corrected chi connectivity index (χ4v) is 4.81. The molecule has 3 heterocycles. The number of rotatable bonds is 3. The summed E-state index contributed by atoms with van der Waals surface area (Å²) in [5.74, 6) is 0. The van der Waals surface area contributed by atoms with Crippen molar-refractivity contribution in [2.45, 2.75) is 4.90 Å². The molecule has 0 fully saturated rings. The van der Waals surface area contributed by atoms with Crippen LogP contribution in [0.1, 0.15) is 0 Å². The molecule has 0 aliphatic carbocycles. The number of pyridine rings is 1. The average molecular weight is 381 g/mol. The molecule has 0 amide bonds. The number of hydrogen-bond donors (Lipinski definition) is 2. The van der Waals surface area contributed by atoms with Crippen LogP contribution in [0.2, 0.25) is 0 Å². The molecule has 0 aliphatic rings. The number of sulfonamides is 1. The minimum absolute atomic E-state index is 0.167. The van der Waals surface area contributed by atoms with Crippen LogP contribution in [0.5, 0.6) is 0 Å². The third-order valence-corrected chi connectivity index (χ3v) is 6.16. The predicted octanol–water partition coefficient (Wildman–Crippen LogP) is 3.52. The van der Waals surface area contributed by atoms with E-state index in [9.17, 15) is 8.42 Å². The van der Waals surface area contributed by atoms with E-state index in [0.29, 0.717) is 27.6 Å². The van der Waals surface area contributed by atoms with Crippen LogP contribution in [0.25, 0.3) is 32.8 Å². The van der Waals surface area contributed by atoms with Gasteiger partial charge in [-0.2, -0.15) is 8.75 Å². The van der Waals surface area contributed by atoms with Gasteiger partial charge in [-0.15, -0.1) is 0 Å². The van der Waals surface area contributed by atoms with E-state index in [4.69, 9.17) is 0 Å². The maximum Gasteiger partial charge on any atom is 0.264 e. The quantitative estimate of drug-likeness (QED) is 0.498. The van der Waals surface area contributed by atoms with Gasteiger partial charge in [-0.3, -0.25) is 9.71 Å². The summed E-state index contributed by atoms with van der Waals surface area (Å²) >= 11 is 1.05. The molecule has 0 aliphatic heterocycles. The van der Waals surface area contributed by atoms with Gasteiger partial charge in [-0.1, -0.05) is 24.3 Å². The number of aromatic nitrogens is 4. The molecular weight excluding hydrogens is 370 g/mol. The second kappa shape index (κ2) is 5.48. The van der Waals surface area contributed by atoms with Gasteiger partial charge in [-0.05, 0) is 18.2 Å².